The number of benzene rings is 1. The van der Waals surface area contributed by atoms with E-state index in [1.807, 2.05) is 6.08 Å². The van der Waals surface area contributed by atoms with Gasteiger partial charge in [0, 0.05) is 56.4 Å². The summed E-state index contributed by atoms with van der Waals surface area (Å²) >= 11 is 0. The Morgan fingerprint density at radius 2 is 1.81 bits per heavy atom. The van der Waals surface area contributed by atoms with E-state index in [4.69, 9.17) is 15.5 Å². The van der Waals surface area contributed by atoms with Crippen LogP contribution in [-0.4, -0.2) is 73.0 Å². The lowest BCUT2D eigenvalue weighted by atomic mass is 10.0. The summed E-state index contributed by atoms with van der Waals surface area (Å²) in [5.41, 5.74) is 14.3. The predicted molar refractivity (Wildman–Crippen MR) is 184 cm³/mol. The fourth-order valence-electron chi connectivity index (χ4n) is 5.92. The maximum absolute atomic E-state index is 6.38. The number of aryl methyl sites for hydroxylation is 1. The van der Waals surface area contributed by atoms with Crippen molar-refractivity contribution in [2.45, 2.75) is 105 Å². The molecule has 1 aromatic carbocycles. The van der Waals surface area contributed by atoms with Gasteiger partial charge in [-0.15, -0.1) is 6.58 Å². The normalized spacial score (nSPS) is 21.9. The molecule has 240 valence electrons. The van der Waals surface area contributed by atoms with Gasteiger partial charge in [0.1, 0.15) is 0 Å². The van der Waals surface area contributed by atoms with Gasteiger partial charge in [0.25, 0.3) is 0 Å². The number of allylic oxidation sites excluding steroid dienone is 2. The molecule has 1 unspecified atom stereocenters. The van der Waals surface area contributed by atoms with Gasteiger partial charge in [-0.1, -0.05) is 45.6 Å². The van der Waals surface area contributed by atoms with Gasteiger partial charge in [0.15, 0.2) is 0 Å². The smallest absolute Gasteiger partial charge is 0.0678 e. The number of morpholine rings is 1. The third kappa shape index (κ3) is 12.4. The zero-order chi connectivity index (χ0) is 28.0. The number of anilines is 1. The zero-order valence-corrected chi connectivity index (χ0v) is 26.3. The highest BCUT2D eigenvalue weighted by atomic mass is 16.5. The van der Waals surface area contributed by atoms with E-state index in [0.717, 1.165) is 70.6 Å². The number of aliphatic imine (C=N–C) groups is 1. The summed E-state index contributed by atoms with van der Waals surface area (Å²) in [5, 5.41) is 0. The quantitative estimate of drug-likeness (QED) is 0.331. The second-order valence-corrected chi connectivity index (χ2v) is 11.4. The first-order valence-corrected chi connectivity index (χ1v) is 15.5. The molecule has 1 aliphatic heterocycles. The lowest BCUT2D eigenvalue weighted by Crippen LogP contribution is -2.46. The molecule has 0 radical (unpaired) electrons. The maximum atomic E-state index is 6.38. The van der Waals surface area contributed by atoms with Gasteiger partial charge in [-0.2, -0.15) is 0 Å². The minimum atomic E-state index is 0. The predicted octanol–water partition coefficient (Wildman–Crippen LogP) is 6.16. The molecule has 0 aromatic heterocycles. The SMILES string of the molecule is C.C=CCCN(CCC)c1ccc2c(c1)CCCC=C2.CCCN=C1CCC/C1=C(/N)CN1CC(C)O[C@H](C)C1.O.O. The first kappa shape index (κ1) is 39.5. The van der Waals surface area contributed by atoms with Crippen LogP contribution in [0.1, 0.15) is 97.6 Å². The average molecular weight is 587 g/mol. The molecular weight excluding hydrogens is 524 g/mol. The highest BCUT2D eigenvalue weighted by Crippen LogP contribution is 2.26. The van der Waals surface area contributed by atoms with Crippen LogP contribution in [0.3, 0.4) is 0 Å². The van der Waals surface area contributed by atoms with E-state index in [9.17, 15) is 0 Å². The largest absolute Gasteiger partial charge is 0.412 e. The number of nitrogens with two attached hydrogens (primary N) is 1. The van der Waals surface area contributed by atoms with E-state index < -0.39 is 0 Å². The molecule has 0 bridgehead atoms. The topological polar surface area (TPSA) is 117 Å². The lowest BCUT2D eigenvalue weighted by Gasteiger charge is -2.35. The van der Waals surface area contributed by atoms with Gasteiger partial charge in [0.05, 0.1) is 12.2 Å². The van der Waals surface area contributed by atoms with Crippen molar-refractivity contribution in [1.29, 1.82) is 0 Å². The molecule has 1 aromatic rings. The van der Waals surface area contributed by atoms with Crippen molar-refractivity contribution in [2.75, 3.05) is 44.2 Å². The highest BCUT2D eigenvalue weighted by molar-refractivity contribution is 6.02. The minimum Gasteiger partial charge on any atom is -0.412 e. The molecule has 0 spiro atoms. The maximum Gasteiger partial charge on any atom is 0.0678 e. The molecule has 1 heterocycles. The molecular formula is C35H62N4O3. The van der Waals surface area contributed by atoms with Crippen LogP contribution in [0.25, 0.3) is 6.08 Å². The molecule has 0 amide bonds. The van der Waals surface area contributed by atoms with Crippen molar-refractivity contribution in [3.63, 3.8) is 0 Å². The van der Waals surface area contributed by atoms with Gasteiger partial charge in [-0.25, -0.2) is 0 Å². The number of rotatable bonds is 10. The van der Waals surface area contributed by atoms with E-state index in [1.165, 1.54) is 60.2 Å². The van der Waals surface area contributed by atoms with Crippen molar-refractivity contribution in [2.24, 2.45) is 10.7 Å². The molecule has 1 saturated heterocycles. The first-order chi connectivity index (χ1) is 18.9. The van der Waals surface area contributed by atoms with Crippen molar-refractivity contribution in [1.82, 2.24) is 4.90 Å². The second-order valence-electron chi connectivity index (χ2n) is 11.4. The number of fused-ring (bicyclic) bond motifs is 1. The number of nitrogens with zero attached hydrogens (tertiary/aromatic N) is 3. The Balaban J connectivity index is 0.000000748. The third-order valence-corrected chi connectivity index (χ3v) is 7.69. The van der Waals surface area contributed by atoms with Crippen molar-refractivity contribution < 1.29 is 15.7 Å². The van der Waals surface area contributed by atoms with E-state index in [2.05, 4.69) is 74.4 Å². The summed E-state index contributed by atoms with van der Waals surface area (Å²) in [5.74, 6) is 0. The molecule has 7 heteroatoms. The molecule has 6 N–H and O–H groups in total. The standard InChI is InChI=1S/C18H25N.C16H29N3O.CH4.2H2O/c1-3-5-14-19(13-4-2)18-12-11-16-9-7-6-8-10-17(16)15-18;1-4-8-18-16-7-5-6-14(16)15(17)11-19-9-12(2)20-13(3)10-19;;;/h3,7,9,11-12,15H,1,4-6,8,10,13-14H2,2H3;12-13H,4-11,17H2,1-3H3;1H4;2*1H2/b;15-14-,18-16?;;;/t;12-,13?;;;/m.1.../s1. The Morgan fingerprint density at radius 3 is 2.48 bits per heavy atom. The summed E-state index contributed by atoms with van der Waals surface area (Å²) in [4.78, 5) is 9.60. The number of ether oxygens (including phenoxy) is 1. The van der Waals surface area contributed by atoms with Crippen LogP contribution in [0.4, 0.5) is 5.69 Å². The van der Waals surface area contributed by atoms with Crippen LogP contribution in [0.5, 0.6) is 0 Å². The lowest BCUT2D eigenvalue weighted by molar-refractivity contribution is -0.0653. The third-order valence-electron chi connectivity index (χ3n) is 7.69. The Labute approximate surface area is 257 Å². The van der Waals surface area contributed by atoms with Crippen LogP contribution in [0.2, 0.25) is 0 Å². The Bertz CT molecular complexity index is 994. The summed E-state index contributed by atoms with van der Waals surface area (Å²) in [6, 6.07) is 6.94. The van der Waals surface area contributed by atoms with Crippen LogP contribution >= 0.6 is 0 Å². The van der Waals surface area contributed by atoms with Crippen LogP contribution < -0.4 is 10.6 Å². The van der Waals surface area contributed by atoms with E-state index in [0.29, 0.717) is 12.2 Å². The highest BCUT2D eigenvalue weighted by Gasteiger charge is 2.24. The van der Waals surface area contributed by atoms with Crippen molar-refractivity contribution in [3.05, 3.63) is 59.3 Å². The van der Waals surface area contributed by atoms with Gasteiger partial charge in [-0.3, -0.25) is 9.89 Å². The molecule has 2 aliphatic carbocycles. The monoisotopic (exact) mass is 586 g/mol. The van der Waals surface area contributed by atoms with Gasteiger partial charge < -0.3 is 26.3 Å². The fourth-order valence-corrected chi connectivity index (χ4v) is 5.92. The van der Waals surface area contributed by atoms with Gasteiger partial charge in [0.2, 0.25) is 0 Å². The average Bonchev–Trinajstić information content (AvgIpc) is 3.26. The molecule has 4 rings (SSSR count). The summed E-state index contributed by atoms with van der Waals surface area (Å²) < 4.78 is 5.78. The van der Waals surface area contributed by atoms with E-state index in [1.54, 1.807) is 0 Å². The van der Waals surface area contributed by atoms with Crippen LogP contribution in [-0.2, 0) is 11.2 Å². The summed E-state index contributed by atoms with van der Waals surface area (Å²) in [6.07, 6.45) is 17.6. The zero-order valence-electron chi connectivity index (χ0n) is 26.3. The Hall–Kier alpha value is -2.45. The van der Waals surface area contributed by atoms with Crippen LogP contribution in [0.15, 0.2) is 53.2 Å². The molecule has 7 nitrogen and oxygen atoms in total. The Morgan fingerprint density at radius 1 is 1.07 bits per heavy atom. The molecule has 2 atom stereocenters. The van der Waals surface area contributed by atoms with Crippen molar-refractivity contribution in [3.8, 4) is 0 Å². The van der Waals surface area contributed by atoms with Gasteiger partial charge >= 0.3 is 0 Å². The fraction of sp³-hybridized carbons (Fsp3) is 0.629. The summed E-state index contributed by atoms with van der Waals surface area (Å²) in [7, 11) is 0. The van der Waals surface area contributed by atoms with E-state index >= 15 is 0 Å². The van der Waals surface area contributed by atoms with Crippen LogP contribution in [0, 0.1) is 0 Å². The molecule has 1 saturated carbocycles. The molecule has 2 fully saturated rings. The van der Waals surface area contributed by atoms with Gasteiger partial charge in [-0.05, 0) is 100 Å². The minimum absolute atomic E-state index is 0. The number of hydrogen-bond acceptors (Lipinski definition) is 5. The Kier molecular flexibility index (Phi) is 20.0. The number of hydrogen-bond donors (Lipinski definition) is 1. The molecule has 3 aliphatic rings. The first-order valence-electron chi connectivity index (χ1n) is 15.5. The van der Waals surface area contributed by atoms with E-state index in [-0.39, 0.29) is 18.4 Å². The second kappa shape index (κ2) is 21.3. The molecule has 42 heavy (non-hydrogen) atoms. The summed E-state index contributed by atoms with van der Waals surface area (Å²) in [6.45, 7) is 18.4. The van der Waals surface area contributed by atoms with Crippen molar-refractivity contribution >= 4 is 17.5 Å².